The normalized spacial score (nSPS) is 11.4. The number of alkyl halides is 3. The molecule has 0 fully saturated rings. The molecular formula is C13H17ClF3NO2. The van der Waals surface area contributed by atoms with E-state index in [1.165, 1.54) is 6.07 Å². The Bertz CT molecular complexity index is 413. The van der Waals surface area contributed by atoms with Crippen molar-refractivity contribution < 1.29 is 22.6 Å². The van der Waals surface area contributed by atoms with Crippen LogP contribution in [-0.4, -0.2) is 33.0 Å². The summed E-state index contributed by atoms with van der Waals surface area (Å²) in [4.78, 5) is 0. The predicted molar refractivity (Wildman–Crippen MR) is 72.6 cm³/mol. The molecule has 20 heavy (non-hydrogen) atoms. The molecule has 0 aliphatic rings. The minimum absolute atomic E-state index is 0.0987. The van der Waals surface area contributed by atoms with Gasteiger partial charge >= 0.3 is 6.18 Å². The molecule has 3 nitrogen and oxygen atoms in total. The maximum atomic E-state index is 12.2. The maximum absolute atomic E-state index is 12.2. The Morgan fingerprint density at radius 3 is 2.65 bits per heavy atom. The lowest BCUT2D eigenvalue weighted by molar-refractivity contribution is -0.153. The SMILES string of the molecule is COCCCCNc1ccc(Cl)cc1OCC(F)(F)F. The highest BCUT2D eigenvalue weighted by molar-refractivity contribution is 6.30. The molecule has 0 unspecified atom stereocenters. The topological polar surface area (TPSA) is 30.5 Å². The average Bonchev–Trinajstić information content (AvgIpc) is 2.37. The predicted octanol–water partition coefficient (Wildman–Crippen LogP) is 4.12. The summed E-state index contributed by atoms with van der Waals surface area (Å²) in [5.74, 6) is 0.0987. The lowest BCUT2D eigenvalue weighted by Gasteiger charge is -2.15. The summed E-state index contributed by atoms with van der Waals surface area (Å²) in [7, 11) is 1.62. The summed E-state index contributed by atoms with van der Waals surface area (Å²) in [6.07, 6.45) is -2.66. The van der Waals surface area contributed by atoms with Gasteiger partial charge in [0.2, 0.25) is 0 Å². The molecule has 0 spiro atoms. The highest BCUT2D eigenvalue weighted by Crippen LogP contribution is 2.29. The average molecular weight is 312 g/mol. The number of nitrogens with one attached hydrogen (secondary N) is 1. The molecule has 1 aromatic rings. The largest absolute Gasteiger partial charge is 0.482 e. The first-order valence-electron chi connectivity index (χ1n) is 6.14. The third kappa shape index (κ3) is 6.86. The third-order valence-electron chi connectivity index (χ3n) is 2.43. The molecule has 0 amide bonds. The van der Waals surface area contributed by atoms with Gasteiger partial charge in [-0.25, -0.2) is 0 Å². The Balaban J connectivity index is 2.56. The van der Waals surface area contributed by atoms with Crippen LogP contribution in [0.25, 0.3) is 0 Å². The van der Waals surface area contributed by atoms with Crippen LogP contribution in [0.5, 0.6) is 5.75 Å². The maximum Gasteiger partial charge on any atom is 0.422 e. The van der Waals surface area contributed by atoms with Gasteiger partial charge in [-0.1, -0.05) is 11.6 Å². The van der Waals surface area contributed by atoms with Crippen molar-refractivity contribution in [2.45, 2.75) is 19.0 Å². The first-order chi connectivity index (χ1) is 9.42. The molecule has 7 heteroatoms. The Morgan fingerprint density at radius 2 is 2.00 bits per heavy atom. The van der Waals surface area contributed by atoms with Crippen LogP contribution < -0.4 is 10.1 Å². The number of hydrogen-bond donors (Lipinski definition) is 1. The van der Waals surface area contributed by atoms with E-state index in [-0.39, 0.29) is 5.75 Å². The number of unbranched alkanes of at least 4 members (excludes halogenated alkanes) is 1. The second kappa shape index (κ2) is 8.21. The van der Waals surface area contributed by atoms with Crippen molar-refractivity contribution in [2.75, 3.05) is 32.2 Å². The highest BCUT2D eigenvalue weighted by atomic mass is 35.5. The van der Waals surface area contributed by atoms with E-state index in [2.05, 4.69) is 5.32 Å². The molecule has 0 bridgehead atoms. The Hall–Kier alpha value is -1.14. The Kier molecular flexibility index (Phi) is 6.95. The lowest BCUT2D eigenvalue weighted by atomic mass is 10.2. The van der Waals surface area contributed by atoms with Gasteiger partial charge in [-0.2, -0.15) is 13.2 Å². The first-order valence-corrected chi connectivity index (χ1v) is 6.52. The molecule has 0 heterocycles. The fraction of sp³-hybridized carbons (Fsp3) is 0.538. The number of halogens is 4. The molecule has 0 aromatic heterocycles. The molecule has 0 aliphatic heterocycles. The molecule has 0 atom stereocenters. The van der Waals surface area contributed by atoms with Crippen LogP contribution in [0.3, 0.4) is 0 Å². The van der Waals surface area contributed by atoms with E-state index in [0.29, 0.717) is 23.9 Å². The van der Waals surface area contributed by atoms with E-state index < -0.39 is 12.8 Å². The zero-order chi connectivity index (χ0) is 15.0. The smallest absolute Gasteiger partial charge is 0.422 e. The van der Waals surface area contributed by atoms with Gasteiger partial charge in [0.25, 0.3) is 0 Å². The summed E-state index contributed by atoms with van der Waals surface area (Å²) < 4.78 is 46.2. The molecule has 1 aromatic carbocycles. The molecular weight excluding hydrogens is 295 g/mol. The number of benzene rings is 1. The number of anilines is 1. The minimum atomic E-state index is -4.38. The zero-order valence-corrected chi connectivity index (χ0v) is 11.9. The summed E-state index contributed by atoms with van der Waals surface area (Å²) >= 11 is 5.76. The molecule has 0 radical (unpaired) electrons. The molecule has 1 N–H and O–H groups in total. The van der Waals surface area contributed by atoms with Crippen LogP contribution in [0.1, 0.15) is 12.8 Å². The van der Waals surface area contributed by atoms with Gasteiger partial charge in [-0.15, -0.1) is 0 Å². The van der Waals surface area contributed by atoms with E-state index in [1.54, 1.807) is 19.2 Å². The van der Waals surface area contributed by atoms with E-state index in [1.807, 2.05) is 0 Å². The van der Waals surface area contributed by atoms with Gasteiger partial charge in [-0.05, 0) is 25.0 Å². The van der Waals surface area contributed by atoms with Gasteiger partial charge < -0.3 is 14.8 Å². The van der Waals surface area contributed by atoms with Crippen molar-refractivity contribution in [1.29, 1.82) is 0 Å². The van der Waals surface area contributed by atoms with Gasteiger partial charge in [0.05, 0.1) is 5.69 Å². The number of rotatable bonds is 8. The van der Waals surface area contributed by atoms with Crippen LogP contribution >= 0.6 is 11.6 Å². The first kappa shape index (κ1) is 16.9. The van der Waals surface area contributed by atoms with Gasteiger partial charge in [0.15, 0.2) is 6.61 Å². The number of ether oxygens (including phenoxy) is 2. The van der Waals surface area contributed by atoms with E-state index in [9.17, 15) is 13.2 Å². The zero-order valence-electron chi connectivity index (χ0n) is 11.1. The van der Waals surface area contributed by atoms with Crippen molar-refractivity contribution in [1.82, 2.24) is 0 Å². The fourth-order valence-corrected chi connectivity index (χ4v) is 1.68. The van der Waals surface area contributed by atoms with Crippen LogP contribution in [0, 0.1) is 0 Å². The van der Waals surface area contributed by atoms with Crippen molar-refractivity contribution in [3.8, 4) is 5.75 Å². The minimum Gasteiger partial charge on any atom is -0.482 e. The van der Waals surface area contributed by atoms with Crippen molar-refractivity contribution >= 4 is 17.3 Å². The molecule has 0 saturated heterocycles. The second-order valence-electron chi connectivity index (χ2n) is 4.17. The van der Waals surface area contributed by atoms with Gasteiger partial charge in [0.1, 0.15) is 5.75 Å². The van der Waals surface area contributed by atoms with Crippen LogP contribution in [-0.2, 0) is 4.74 Å². The fourth-order valence-electron chi connectivity index (χ4n) is 1.52. The monoisotopic (exact) mass is 311 g/mol. The van der Waals surface area contributed by atoms with E-state index in [0.717, 1.165) is 12.8 Å². The van der Waals surface area contributed by atoms with Crippen LogP contribution in [0.2, 0.25) is 5.02 Å². The van der Waals surface area contributed by atoms with Gasteiger partial charge in [0, 0.05) is 31.4 Å². The molecule has 0 aliphatic carbocycles. The van der Waals surface area contributed by atoms with Crippen molar-refractivity contribution in [3.63, 3.8) is 0 Å². The number of hydrogen-bond acceptors (Lipinski definition) is 3. The van der Waals surface area contributed by atoms with Crippen molar-refractivity contribution in [3.05, 3.63) is 23.2 Å². The third-order valence-corrected chi connectivity index (χ3v) is 2.66. The summed E-state index contributed by atoms with van der Waals surface area (Å²) in [5.41, 5.74) is 0.496. The Labute approximate surface area is 121 Å². The van der Waals surface area contributed by atoms with E-state index in [4.69, 9.17) is 21.1 Å². The second-order valence-corrected chi connectivity index (χ2v) is 4.61. The quantitative estimate of drug-likeness (QED) is 0.733. The Morgan fingerprint density at radius 1 is 1.25 bits per heavy atom. The molecule has 0 saturated carbocycles. The summed E-state index contributed by atoms with van der Waals surface area (Å²) in [5, 5.41) is 3.36. The van der Waals surface area contributed by atoms with Crippen LogP contribution in [0.15, 0.2) is 18.2 Å². The van der Waals surface area contributed by atoms with E-state index >= 15 is 0 Å². The standard InChI is InChI=1S/C13H17ClF3NO2/c1-19-7-3-2-6-18-11-5-4-10(14)8-12(11)20-9-13(15,16)17/h4-5,8,18H,2-3,6-7,9H2,1H3. The lowest BCUT2D eigenvalue weighted by Crippen LogP contribution is -2.19. The molecule has 1 rings (SSSR count). The van der Waals surface area contributed by atoms with Crippen molar-refractivity contribution in [2.24, 2.45) is 0 Å². The van der Waals surface area contributed by atoms with Gasteiger partial charge in [-0.3, -0.25) is 0 Å². The van der Waals surface area contributed by atoms with Crippen LogP contribution in [0.4, 0.5) is 18.9 Å². The summed E-state index contributed by atoms with van der Waals surface area (Å²) in [6, 6.07) is 4.56. The summed E-state index contributed by atoms with van der Waals surface area (Å²) in [6.45, 7) is -0.0706. The number of methoxy groups -OCH3 is 1. The molecule has 114 valence electrons. The highest BCUT2D eigenvalue weighted by Gasteiger charge is 2.28.